The fourth-order valence-electron chi connectivity index (χ4n) is 6.65. The zero-order valence-corrected chi connectivity index (χ0v) is 38.3. The minimum atomic E-state index is -1.05. The molecule has 60 heavy (non-hydrogen) atoms. The lowest BCUT2D eigenvalue weighted by atomic mass is 10.0. The van der Waals surface area contributed by atoms with Crippen molar-refractivity contribution in [2.24, 2.45) is 0 Å². The van der Waals surface area contributed by atoms with Gasteiger partial charge in [-0.2, -0.15) is 0 Å². The van der Waals surface area contributed by atoms with Crippen LogP contribution in [-0.4, -0.2) is 11.5 Å². The number of rotatable bonds is 21. The third kappa shape index (κ3) is 14.7. The van der Waals surface area contributed by atoms with Gasteiger partial charge in [-0.05, 0) is 126 Å². The molecule has 306 valence electrons. The Morgan fingerprint density at radius 2 is 1.27 bits per heavy atom. The minimum Gasteiger partial charge on any atom is -0.248 e. The lowest BCUT2D eigenvalue weighted by molar-refractivity contribution is 0.907. The molecule has 0 amide bonds. The maximum absolute atomic E-state index is 4.82. The van der Waals surface area contributed by atoms with E-state index in [1.54, 1.807) is 6.08 Å². The molecule has 0 fully saturated rings. The van der Waals surface area contributed by atoms with E-state index in [1.807, 2.05) is 18.2 Å². The van der Waals surface area contributed by atoms with Gasteiger partial charge in [-0.15, -0.1) is 6.58 Å². The molecule has 2 unspecified atom stereocenters. The molecule has 1 aliphatic carbocycles. The molecule has 0 saturated heterocycles. The molecule has 3 aromatic carbocycles. The Hall–Kier alpha value is -5.42. The van der Waals surface area contributed by atoms with Gasteiger partial charge < -0.3 is 0 Å². The number of hydrogen-bond donors (Lipinski definition) is 0. The third-order valence-electron chi connectivity index (χ3n) is 10.1. The molecule has 0 aliphatic heterocycles. The summed E-state index contributed by atoms with van der Waals surface area (Å²) in [5.41, 5.74) is 9.89. The first-order chi connectivity index (χ1) is 29.2. The zero-order valence-electron chi connectivity index (χ0n) is 36.5. The summed E-state index contributed by atoms with van der Waals surface area (Å²) >= 11 is 0. The van der Waals surface area contributed by atoms with Crippen molar-refractivity contribution in [1.29, 1.82) is 0 Å². The Kier molecular flexibility index (Phi) is 20.4. The van der Waals surface area contributed by atoms with Crippen LogP contribution in [0.4, 0.5) is 0 Å². The van der Waals surface area contributed by atoms with Gasteiger partial charge in [0, 0.05) is 16.1 Å². The molecule has 1 nitrogen and oxygen atoms in total. The zero-order chi connectivity index (χ0) is 43.1. The van der Waals surface area contributed by atoms with Crippen molar-refractivity contribution in [2.75, 3.05) is 7.05 Å². The second-order valence-electron chi connectivity index (χ2n) is 14.4. The minimum absolute atomic E-state index is 0.846. The van der Waals surface area contributed by atoms with E-state index >= 15 is 0 Å². The van der Waals surface area contributed by atoms with Crippen LogP contribution < -0.4 is 10.6 Å². The van der Waals surface area contributed by atoms with Crippen molar-refractivity contribution >= 4 is 32.3 Å². The van der Waals surface area contributed by atoms with E-state index in [4.69, 9.17) is 13.2 Å². The van der Waals surface area contributed by atoms with Crippen molar-refractivity contribution in [3.05, 3.63) is 259 Å². The molecule has 0 radical (unpaired) electrons. The maximum atomic E-state index is 4.82. The van der Waals surface area contributed by atoms with Crippen LogP contribution in [0.2, 0.25) is 0 Å². The summed E-state index contributed by atoms with van der Waals surface area (Å²) in [5, 5.41) is 4.64. The van der Waals surface area contributed by atoms with Gasteiger partial charge in [0.2, 0.25) is 0 Å². The van der Waals surface area contributed by atoms with Crippen molar-refractivity contribution in [3.63, 3.8) is 0 Å². The fraction of sp³-hybridized carbons (Fsp3) is 0.158. The highest BCUT2D eigenvalue weighted by Gasteiger charge is 2.29. The van der Waals surface area contributed by atoms with Gasteiger partial charge in [-0.3, -0.25) is 0 Å². The van der Waals surface area contributed by atoms with E-state index in [1.165, 1.54) is 55.2 Å². The number of nitrogens with zero attached hydrogens (tertiary/aromatic N) is 1. The molecule has 0 N–H and O–H groups in total. The molecule has 1 aliphatic rings. The molecule has 0 aromatic heterocycles. The largest absolute Gasteiger partial charge is 0.248 e. The Morgan fingerprint density at radius 3 is 1.87 bits per heavy atom. The summed E-state index contributed by atoms with van der Waals surface area (Å²) in [6.07, 6.45) is 44.3. The predicted molar refractivity (Wildman–Crippen MR) is 274 cm³/mol. The van der Waals surface area contributed by atoms with Crippen LogP contribution in [0.3, 0.4) is 0 Å². The van der Waals surface area contributed by atoms with Crippen LogP contribution >= 0.6 is 16.1 Å². The first-order valence-corrected chi connectivity index (χ1v) is 23.4. The summed E-state index contributed by atoms with van der Waals surface area (Å²) in [7, 11) is 0.162. The monoisotopic (exact) mass is 823 g/mol. The lowest BCUT2D eigenvalue weighted by Crippen LogP contribution is -2.20. The molecule has 0 bridgehead atoms. The summed E-state index contributed by atoms with van der Waals surface area (Å²) in [6, 6.07) is 28.7. The normalized spacial score (nSPS) is 15.3. The van der Waals surface area contributed by atoms with E-state index in [2.05, 4.69) is 222 Å². The molecule has 0 heterocycles. The van der Waals surface area contributed by atoms with Gasteiger partial charge in [0.1, 0.15) is 0 Å². The highest BCUT2D eigenvalue weighted by atomic mass is 31.2. The van der Waals surface area contributed by atoms with Crippen molar-refractivity contribution in [3.8, 4) is 11.1 Å². The highest BCUT2D eigenvalue weighted by Crippen LogP contribution is 2.61. The van der Waals surface area contributed by atoms with Crippen LogP contribution in [0.1, 0.15) is 58.9 Å². The molecular weight excluding hydrogens is 761 g/mol. The average molecular weight is 824 g/mol. The summed E-state index contributed by atoms with van der Waals surface area (Å²) < 4.78 is 2.56. The molecule has 3 heteroatoms. The van der Waals surface area contributed by atoms with Crippen LogP contribution in [0.25, 0.3) is 16.7 Å². The van der Waals surface area contributed by atoms with E-state index < -0.39 is 16.1 Å². The van der Waals surface area contributed by atoms with E-state index in [9.17, 15) is 0 Å². The van der Waals surface area contributed by atoms with Gasteiger partial charge in [0.15, 0.2) is 0 Å². The van der Waals surface area contributed by atoms with Crippen LogP contribution in [0.5, 0.6) is 0 Å². The van der Waals surface area contributed by atoms with Crippen LogP contribution in [0.15, 0.2) is 254 Å². The molecule has 2 atom stereocenters. The van der Waals surface area contributed by atoms with Gasteiger partial charge >= 0.3 is 0 Å². The Morgan fingerprint density at radius 1 is 0.683 bits per heavy atom. The average Bonchev–Trinajstić information content (AvgIpc) is 3.55. The third-order valence-corrected chi connectivity index (χ3v) is 15.3. The van der Waals surface area contributed by atoms with Gasteiger partial charge in [-0.25, -0.2) is 4.44 Å². The second-order valence-corrected chi connectivity index (χ2v) is 19.3. The van der Waals surface area contributed by atoms with Gasteiger partial charge in [-0.1, -0.05) is 214 Å². The molecule has 0 spiro atoms. The molecule has 0 saturated carbocycles. The maximum Gasteiger partial charge on any atom is 0.0314 e. The Balaban J connectivity index is 1.80. The van der Waals surface area contributed by atoms with Crippen molar-refractivity contribution in [1.82, 2.24) is 4.44 Å². The number of allylic oxidation sites excluding steroid dienone is 26. The molecular formula is C57H63NP2. The first-order valence-electron chi connectivity index (χ1n) is 20.8. The fourth-order valence-corrected chi connectivity index (χ4v) is 12.0. The van der Waals surface area contributed by atoms with Crippen molar-refractivity contribution in [2.45, 2.75) is 53.4 Å². The van der Waals surface area contributed by atoms with Crippen LogP contribution in [-0.2, 0) is 0 Å². The molecule has 3 aromatic rings. The first kappa shape index (κ1) is 47.3. The van der Waals surface area contributed by atoms with E-state index in [0.717, 1.165) is 36.3 Å². The SMILES string of the molecule is C=C/C=C\C=C(/C)c1ccc(P(C(=C)/C=C\C(=C/C)CC2=CCC=CC=C2)N(C)P(C(=C)/C=C\C(=C/C)CC(/C=C\CC=C)=C/C)c2ccc(-c3ccccc3)cc2)cc1. The van der Waals surface area contributed by atoms with Crippen LogP contribution in [0, 0.1) is 0 Å². The van der Waals surface area contributed by atoms with E-state index in [-0.39, 0.29) is 0 Å². The standard InChI is InChI=1S/C57H63NP2/c1-10-15-20-26-46(6)53-36-40-56(41-37-53)59(48(8)33-35-51(14-5)45-52-28-22-17-18-23-29-52)58(9)60(57-42-38-55(39-43-57)54-30-24-19-25-31-54)47(7)32-34-50(13-4)44-49(12-3)27-21-16-11-2/h10-15,17-22,24-43H,1-2,7-8,16,23,44-45H2,3-6,9H3/b20-15-,27-21-,34-32-,35-33-,46-26+,49-12+,50-13+,51-14+. The Bertz CT molecular complexity index is 2260. The predicted octanol–water partition coefficient (Wildman–Crippen LogP) is 16.5. The smallest absolute Gasteiger partial charge is 0.0314 e. The van der Waals surface area contributed by atoms with Gasteiger partial charge in [0.25, 0.3) is 0 Å². The number of benzene rings is 3. The van der Waals surface area contributed by atoms with Gasteiger partial charge in [0.05, 0.1) is 0 Å². The summed E-state index contributed by atoms with van der Waals surface area (Å²) in [4.78, 5) is 0. The molecule has 4 rings (SSSR count). The number of hydrogen-bond acceptors (Lipinski definition) is 1. The van der Waals surface area contributed by atoms with Crippen molar-refractivity contribution < 1.29 is 0 Å². The highest BCUT2D eigenvalue weighted by molar-refractivity contribution is 7.81. The topological polar surface area (TPSA) is 3.24 Å². The quantitative estimate of drug-likeness (QED) is 0.0588. The summed E-state index contributed by atoms with van der Waals surface area (Å²) in [5.74, 6) is 0. The lowest BCUT2D eigenvalue weighted by Gasteiger charge is -2.36. The second kappa shape index (κ2) is 25.9. The summed E-state index contributed by atoms with van der Waals surface area (Å²) in [6.45, 7) is 25.8. The Labute approximate surface area is 365 Å². The van der Waals surface area contributed by atoms with E-state index in [0.29, 0.717) is 0 Å².